The second kappa shape index (κ2) is 5.06. The quantitative estimate of drug-likeness (QED) is 0.829. The van der Waals surface area contributed by atoms with Crippen molar-refractivity contribution in [1.29, 1.82) is 0 Å². The number of hydrogen-bond acceptors (Lipinski definition) is 2. The highest BCUT2D eigenvalue weighted by molar-refractivity contribution is 7.80. The van der Waals surface area contributed by atoms with Gasteiger partial charge in [-0.3, -0.25) is 0 Å². The zero-order chi connectivity index (χ0) is 14.2. The Morgan fingerprint density at radius 2 is 1.75 bits per heavy atom. The summed E-state index contributed by atoms with van der Waals surface area (Å²) in [6, 6.07) is 12.5. The third-order valence-corrected chi connectivity index (χ3v) is 4.55. The first-order valence-corrected chi connectivity index (χ1v) is 7.60. The van der Waals surface area contributed by atoms with Crippen LogP contribution in [0.2, 0.25) is 0 Å². The molecule has 0 aromatic heterocycles. The molecular weight excluding hydrogens is 264 g/mol. The topological polar surface area (TPSA) is 38.0 Å². The maximum atomic E-state index is 5.83. The second-order valence-electron chi connectivity index (χ2n) is 5.96. The van der Waals surface area contributed by atoms with E-state index in [1.807, 2.05) is 12.1 Å². The van der Waals surface area contributed by atoms with Gasteiger partial charge in [-0.2, -0.15) is 0 Å². The predicted molar refractivity (Wildman–Crippen MR) is 90.3 cm³/mol. The summed E-state index contributed by atoms with van der Waals surface area (Å²) in [5, 5.41) is 6.07. The van der Waals surface area contributed by atoms with E-state index in [1.165, 1.54) is 36.8 Å². The minimum atomic E-state index is 0.216. The summed E-state index contributed by atoms with van der Waals surface area (Å²) in [5.74, 6) is 0. The van der Waals surface area contributed by atoms with E-state index >= 15 is 0 Å². The predicted octanol–water partition coefficient (Wildman–Crippen LogP) is 4.22. The standard InChI is InChI=1S/C17H20N2S/c1-17(10-4-5-11-17)19-15-9-8-14(16(18)20)12-6-2-3-7-13(12)15/h2-3,6-9,19H,4-5,10-11H2,1H3,(H2,18,20). The van der Waals surface area contributed by atoms with Crippen LogP contribution in [0.15, 0.2) is 36.4 Å². The molecule has 0 aliphatic heterocycles. The minimum Gasteiger partial charge on any atom is -0.389 e. The van der Waals surface area contributed by atoms with Crippen LogP contribution in [0.1, 0.15) is 38.2 Å². The van der Waals surface area contributed by atoms with Gasteiger partial charge in [0.05, 0.1) is 0 Å². The lowest BCUT2D eigenvalue weighted by Gasteiger charge is -2.28. The van der Waals surface area contributed by atoms with Gasteiger partial charge in [0, 0.05) is 22.2 Å². The first-order valence-electron chi connectivity index (χ1n) is 7.19. The van der Waals surface area contributed by atoms with Crippen LogP contribution in [-0.4, -0.2) is 10.5 Å². The second-order valence-corrected chi connectivity index (χ2v) is 6.40. The lowest BCUT2D eigenvalue weighted by molar-refractivity contribution is 0.534. The number of hydrogen-bond donors (Lipinski definition) is 2. The molecule has 3 rings (SSSR count). The van der Waals surface area contributed by atoms with Crippen molar-refractivity contribution in [2.75, 3.05) is 5.32 Å². The van der Waals surface area contributed by atoms with Gasteiger partial charge in [0.1, 0.15) is 4.99 Å². The summed E-state index contributed by atoms with van der Waals surface area (Å²) in [6.07, 6.45) is 5.09. The Kier molecular flexibility index (Phi) is 3.38. The minimum absolute atomic E-state index is 0.216. The van der Waals surface area contributed by atoms with E-state index in [0.717, 1.165) is 10.9 Å². The molecule has 1 aliphatic rings. The molecule has 0 amide bonds. The van der Waals surface area contributed by atoms with Crippen molar-refractivity contribution < 1.29 is 0 Å². The first-order chi connectivity index (χ1) is 9.59. The Hall–Kier alpha value is -1.61. The van der Waals surface area contributed by atoms with Crippen LogP contribution in [0.4, 0.5) is 5.69 Å². The molecule has 0 spiro atoms. The fourth-order valence-electron chi connectivity index (χ4n) is 3.23. The molecule has 3 N–H and O–H groups in total. The molecule has 20 heavy (non-hydrogen) atoms. The van der Waals surface area contributed by atoms with Gasteiger partial charge >= 0.3 is 0 Å². The van der Waals surface area contributed by atoms with Crippen LogP contribution in [0.3, 0.4) is 0 Å². The van der Waals surface area contributed by atoms with Gasteiger partial charge in [0.2, 0.25) is 0 Å². The highest BCUT2D eigenvalue weighted by Gasteiger charge is 2.28. The molecule has 2 aromatic carbocycles. The first kappa shape index (κ1) is 13.4. The summed E-state index contributed by atoms with van der Waals surface area (Å²) >= 11 is 5.16. The van der Waals surface area contributed by atoms with Gasteiger partial charge in [0.25, 0.3) is 0 Å². The zero-order valence-electron chi connectivity index (χ0n) is 11.8. The summed E-state index contributed by atoms with van der Waals surface area (Å²) < 4.78 is 0. The van der Waals surface area contributed by atoms with E-state index in [9.17, 15) is 0 Å². The third-order valence-electron chi connectivity index (χ3n) is 4.33. The Balaban J connectivity index is 2.08. The van der Waals surface area contributed by atoms with Crippen molar-refractivity contribution in [3.05, 3.63) is 42.0 Å². The summed E-state index contributed by atoms with van der Waals surface area (Å²) in [7, 11) is 0. The molecule has 2 nitrogen and oxygen atoms in total. The van der Waals surface area contributed by atoms with Gasteiger partial charge in [0.15, 0.2) is 0 Å². The van der Waals surface area contributed by atoms with Gasteiger partial charge in [-0.15, -0.1) is 0 Å². The molecule has 3 heteroatoms. The maximum absolute atomic E-state index is 5.83. The Morgan fingerprint density at radius 1 is 1.10 bits per heavy atom. The van der Waals surface area contributed by atoms with Crippen LogP contribution < -0.4 is 11.1 Å². The molecule has 104 valence electrons. The Labute approximate surface area is 125 Å². The molecule has 0 radical (unpaired) electrons. The van der Waals surface area contributed by atoms with Crippen molar-refractivity contribution in [1.82, 2.24) is 0 Å². The molecular formula is C17H20N2S. The van der Waals surface area contributed by atoms with Crippen molar-refractivity contribution in [3.63, 3.8) is 0 Å². The average molecular weight is 284 g/mol. The molecule has 0 unspecified atom stereocenters. The van der Waals surface area contributed by atoms with Crippen LogP contribution in [-0.2, 0) is 0 Å². The fourth-order valence-corrected chi connectivity index (χ4v) is 3.41. The molecule has 0 saturated heterocycles. The normalized spacial score (nSPS) is 17.2. The van der Waals surface area contributed by atoms with Crippen LogP contribution in [0.25, 0.3) is 10.8 Å². The molecule has 1 aliphatic carbocycles. The number of anilines is 1. The van der Waals surface area contributed by atoms with Gasteiger partial charge in [-0.25, -0.2) is 0 Å². The number of nitrogens with one attached hydrogen (secondary N) is 1. The van der Waals surface area contributed by atoms with Gasteiger partial charge in [-0.1, -0.05) is 49.3 Å². The van der Waals surface area contributed by atoms with Crippen molar-refractivity contribution in [2.24, 2.45) is 5.73 Å². The van der Waals surface area contributed by atoms with E-state index < -0.39 is 0 Å². The van der Waals surface area contributed by atoms with Crippen LogP contribution in [0.5, 0.6) is 0 Å². The van der Waals surface area contributed by atoms with Crippen molar-refractivity contribution in [2.45, 2.75) is 38.1 Å². The Bertz CT molecular complexity index is 657. The van der Waals surface area contributed by atoms with Gasteiger partial charge < -0.3 is 11.1 Å². The summed E-state index contributed by atoms with van der Waals surface area (Å²) in [4.78, 5) is 0.458. The summed E-state index contributed by atoms with van der Waals surface area (Å²) in [5.41, 5.74) is 8.19. The van der Waals surface area contributed by atoms with E-state index in [-0.39, 0.29) is 5.54 Å². The smallest absolute Gasteiger partial charge is 0.104 e. The van der Waals surface area contributed by atoms with Crippen LogP contribution >= 0.6 is 12.2 Å². The van der Waals surface area contributed by atoms with Gasteiger partial charge in [-0.05, 0) is 37.3 Å². The number of fused-ring (bicyclic) bond motifs is 1. The largest absolute Gasteiger partial charge is 0.389 e. The number of nitrogens with two attached hydrogens (primary N) is 1. The third kappa shape index (κ3) is 2.38. The van der Waals surface area contributed by atoms with Crippen molar-refractivity contribution in [3.8, 4) is 0 Å². The molecule has 1 fully saturated rings. The number of thiocarbonyl (C=S) groups is 1. The monoisotopic (exact) mass is 284 g/mol. The highest BCUT2D eigenvalue weighted by atomic mass is 32.1. The Morgan fingerprint density at radius 3 is 2.40 bits per heavy atom. The lowest BCUT2D eigenvalue weighted by Crippen LogP contribution is -2.30. The highest BCUT2D eigenvalue weighted by Crippen LogP contribution is 2.35. The zero-order valence-corrected chi connectivity index (χ0v) is 12.6. The number of rotatable bonds is 3. The lowest BCUT2D eigenvalue weighted by atomic mass is 9.97. The SMILES string of the molecule is CC1(Nc2ccc(C(N)=S)c3ccccc23)CCCC1. The van der Waals surface area contributed by atoms with E-state index in [2.05, 4.69) is 36.5 Å². The summed E-state index contributed by atoms with van der Waals surface area (Å²) in [6.45, 7) is 2.32. The fraction of sp³-hybridized carbons (Fsp3) is 0.353. The van der Waals surface area contributed by atoms with E-state index in [0.29, 0.717) is 4.99 Å². The maximum Gasteiger partial charge on any atom is 0.104 e. The molecule has 2 aromatic rings. The molecule has 1 saturated carbocycles. The molecule has 0 heterocycles. The number of benzene rings is 2. The van der Waals surface area contributed by atoms with Crippen LogP contribution in [0, 0.1) is 0 Å². The van der Waals surface area contributed by atoms with E-state index in [4.69, 9.17) is 18.0 Å². The van der Waals surface area contributed by atoms with Crippen molar-refractivity contribution >= 4 is 33.7 Å². The molecule has 0 atom stereocenters. The van der Waals surface area contributed by atoms with E-state index in [1.54, 1.807) is 0 Å². The molecule has 0 bridgehead atoms. The average Bonchev–Trinajstić information content (AvgIpc) is 2.85.